The summed E-state index contributed by atoms with van der Waals surface area (Å²) in [5.74, 6) is -0.104. The van der Waals surface area contributed by atoms with Gasteiger partial charge in [-0.05, 0) is 72.6 Å². The summed E-state index contributed by atoms with van der Waals surface area (Å²) in [5.41, 5.74) is 1.75. The van der Waals surface area contributed by atoms with Crippen LogP contribution in [-0.2, 0) is 14.8 Å². The average Bonchev–Trinajstić information content (AvgIpc) is 3.37. The minimum Gasteiger partial charge on any atom is -0.326 e. The molecule has 2 aromatic rings. The topological polar surface area (TPSA) is 78.5 Å². The van der Waals surface area contributed by atoms with Gasteiger partial charge >= 0.3 is 0 Å². The summed E-state index contributed by atoms with van der Waals surface area (Å²) in [4.78, 5) is 14.0. The van der Waals surface area contributed by atoms with Crippen molar-refractivity contribution in [1.29, 1.82) is 0 Å². The Bertz CT molecular complexity index is 843. The van der Waals surface area contributed by atoms with Crippen LogP contribution in [0.4, 0.5) is 5.69 Å². The molecule has 146 valence electrons. The smallest absolute Gasteiger partial charge is 0.240 e. The van der Waals surface area contributed by atoms with Gasteiger partial charge in [0.2, 0.25) is 15.9 Å². The molecule has 1 aromatic carbocycles. The molecule has 2 N–H and O–H groups in total. The molecule has 0 radical (unpaired) electrons. The molecule has 1 aromatic heterocycles. The number of hydrogen-bond donors (Lipinski definition) is 2. The summed E-state index contributed by atoms with van der Waals surface area (Å²) in [7, 11) is -3.61. The van der Waals surface area contributed by atoms with Crippen molar-refractivity contribution < 1.29 is 13.2 Å². The monoisotopic (exact) mass is 407 g/mol. The molecule has 6 nitrogen and oxygen atoms in total. The number of rotatable bonds is 8. The van der Waals surface area contributed by atoms with Gasteiger partial charge in [-0.2, -0.15) is 11.3 Å². The first kappa shape index (κ1) is 20.0. The van der Waals surface area contributed by atoms with Crippen molar-refractivity contribution in [1.82, 2.24) is 9.62 Å². The predicted octanol–water partition coefficient (Wildman–Crippen LogP) is 3.21. The van der Waals surface area contributed by atoms with E-state index in [1.54, 1.807) is 30.4 Å². The Balaban J connectivity index is 1.68. The lowest BCUT2D eigenvalue weighted by molar-refractivity contribution is -0.115. The van der Waals surface area contributed by atoms with Crippen molar-refractivity contribution in [2.75, 3.05) is 25.0 Å². The van der Waals surface area contributed by atoms with Gasteiger partial charge in [0.15, 0.2) is 0 Å². The Morgan fingerprint density at radius 2 is 1.89 bits per heavy atom. The Morgan fingerprint density at radius 3 is 2.48 bits per heavy atom. The maximum absolute atomic E-state index is 12.7. The Kier molecular flexibility index (Phi) is 6.64. The number of hydrogen-bond acceptors (Lipinski definition) is 5. The van der Waals surface area contributed by atoms with Gasteiger partial charge < -0.3 is 5.32 Å². The predicted molar refractivity (Wildman–Crippen MR) is 108 cm³/mol. The van der Waals surface area contributed by atoms with Crippen LogP contribution in [0.2, 0.25) is 0 Å². The largest absolute Gasteiger partial charge is 0.326 e. The molecule has 0 spiro atoms. The molecule has 8 heteroatoms. The minimum atomic E-state index is -3.61. The first-order valence-corrected chi connectivity index (χ1v) is 11.6. The molecule has 1 saturated heterocycles. The van der Waals surface area contributed by atoms with Crippen molar-refractivity contribution in [2.24, 2.45) is 0 Å². The van der Waals surface area contributed by atoms with E-state index in [9.17, 15) is 13.2 Å². The number of thiophene rings is 1. The molecule has 27 heavy (non-hydrogen) atoms. The molecule has 1 atom stereocenters. The lowest BCUT2D eigenvalue weighted by Crippen LogP contribution is -2.36. The average molecular weight is 408 g/mol. The highest BCUT2D eigenvalue weighted by Crippen LogP contribution is 2.26. The number of likely N-dealkylation sites (tertiary alicyclic amines) is 1. The molecule has 0 saturated carbocycles. The van der Waals surface area contributed by atoms with Crippen LogP contribution in [0.15, 0.2) is 46.0 Å². The number of carbonyl (C=O) groups is 1. The van der Waals surface area contributed by atoms with Gasteiger partial charge in [0.1, 0.15) is 0 Å². The number of carbonyl (C=O) groups excluding carboxylic acids is 1. The van der Waals surface area contributed by atoms with E-state index in [1.807, 2.05) is 5.38 Å². The van der Waals surface area contributed by atoms with Crippen LogP contribution in [0, 0.1) is 0 Å². The third-order valence-corrected chi connectivity index (χ3v) is 6.89. The van der Waals surface area contributed by atoms with Crippen LogP contribution in [0.1, 0.15) is 37.8 Å². The molecule has 1 unspecified atom stereocenters. The zero-order chi connectivity index (χ0) is 19.3. The van der Waals surface area contributed by atoms with Gasteiger partial charge in [-0.1, -0.05) is 6.92 Å². The van der Waals surface area contributed by atoms with Crippen molar-refractivity contribution >= 4 is 33.0 Å². The Morgan fingerprint density at radius 1 is 1.19 bits per heavy atom. The van der Waals surface area contributed by atoms with Gasteiger partial charge in [-0.3, -0.25) is 9.69 Å². The Hall–Kier alpha value is -1.74. The zero-order valence-electron chi connectivity index (χ0n) is 15.3. The van der Waals surface area contributed by atoms with Crippen LogP contribution in [0.3, 0.4) is 0 Å². The summed E-state index contributed by atoms with van der Waals surface area (Å²) in [5, 5.41) is 6.83. The molecule has 1 amide bonds. The van der Waals surface area contributed by atoms with E-state index in [0.29, 0.717) is 18.7 Å². The minimum absolute atomic E-state index is 0.0524. The molecule has 0 bridgehead atoms. The standard InChI is InChI=1S/C19H25N3O3S2/c1-2-19(23)21-16-5-7-17(8-6-16)27(24,25)20-13-18(15-9-12-26-14-15)22-10-3-4-11-22/h5-9,12,14,18,20H,2-4,10-11,13H2,1H3,(H,21,23). The lowest BCUT2D eigenvalue weighted by atomic mass is 10.1. The van der Waals surface area contributed by atoms with E-state index in [0.717, 1.165) is 31.5 Å². The number of nitrogens with zero attached hydrogens (tertiary/aromatic N) is 1. The van der Waals surface area contributed by atoms with Crippen molar-refractivity contribution in [3.8, 4) is 0 Å². The van der Waals surface area contributed by atoms with E-state index in [2.05, 4.69) is 26.4 Å². The van der Waals surface area contributed by atoms with Crippen LogP contribution in [-0.4, -0.2) is 38.9 Å². The maximum atomic E-state index is 12.7. The van der Waals surface area contributed by atoms with E-state index < -0.39 is 10.0 Å². The molecule has 2 heterocycles. The molecular weight excluding hydrogens is 382 g/mol. The van der Waals surface area contributed by atoms with Gasteiger partial charge in [0.05, 0.1) is 4.90 Å². The third kappa shape index (κ3) is 5.16. The summed E-state index contributed by atoms with van der Waals surface area (Å²) >= 11 is 1.63. The number of anilines is 1. The van der Waals surface area contributed by atoms with Gasteiger partial charge in [-0.25, -0.2) is 13.1 Å². The quantitative estimate of drug-likeness (QED) is 0.704. The van der Waals surface area contributed by atoms with Crippen molar-refractivity contribution in [3.05, 3.63) is 46.7 Å². The molecule has 1 fully saturated rings. The summed E-state index contributed by atoms with van der Waals surface area (Å²) in [6, 6.07) is 8.37. The van der Waals surface area contributed by atoms with Crippen molar-refractivity contribution in [3.63, 3.8) is 0 Å². The normalized spacial score (nSPS) is 16.3. The highest BCUT2D eigenvalue weighted by molar-refractivity contribution is 7.89. The second-order valence-electron chi connectivity index (χ2n) is 6.59. The maximum Gasteiger partial charge on any atom is 0.240 e. The van der Waals surface area contributed by atoms with E-state index in [1.165, 1.54) is 12.1 Å². The number of sulfonamides is 1. The Labute approximate surface area is 164 Å². The highest BCUT2D eigenvalue weighted by atomic mass is 32.2. The molecule has 1 aliphatic rings. The molecule has 3 rings (SSSR count). The highest BCUT2D eigenvalue weighted by Gasteiger charge is 2.26. The third-order valence-electron chi connectivity index (χ3n) is 4.75. The first-order valence-electron chi connectivity index (χ1n) is 9.15. The fraction of sp³-hybridized carbons (Fsp3) is 0.421. The van der Waals surface area contributed by atoms with Crippen LogP contribution in [0.25, 0.3) is 0 Å². The first-order chi connectivity index (χ1) is 13.0. The zero-order valence-corrected chi connectivity index (χ0v) is 17.0. The van der Waals surface area contributed by atoms with E-state index in [-0.39, 0.29) is 16.8 Å². The van der Waals surface area contributed by atoms with E-state index >= 15 is 0 Å². The number of benzene rings is 1. The molecule has 1 aliphatic heterocycles. The SMILES string of the molecule is CCC(=O)Nc1ccc(S(=O)(=O)NCC(c2ccsc2)N2CCCC2)cc1. The van der Waals surface area contributed by atoms with Crippen LogP contribution in [0.5, 0.6) is 0 Å². The summed E-state index contributed by atoms with van der Waals surface area (Å²) in [6.07, 6.45) is 2.68. The fourth-order valence-corrected chi connectivity index (χ4v) is 4.96. The number of nitrogens with one attached hydrogen (secondary N) is 2. The molecule has 0 aliphatic carbocycles. The number of amides is 1. The fourth-order valence-electron chi connectivity index (χ4n) is 3.21. The van der Waals surface area contributed by atoms with Crippen LogP contribution < -0.4 is 10.0 Å². The molecular formula is C19H25N3O3S2. The summed E-state index contributed by atoms with van der Waals surface area (Å²) < 4.78 is 28.2. The second-order valence-corrected chi connectivity index (χ2v) is 9.14. The van der Waals surface area contributed by atoms with E-state index in [4.69, 9.17) is 0 Å². The van der Waals surface area contributed by atoms with Gasteiger partial charge in [-0.15, -0.1) is 0 Å². The van der Waals surface area contributed by atoms with Gasteiger partial charge in [0, 0.05) is 24.7 Å². The second kappa shape index (κ2) is 8.97. The lowest BCUT2D eigenvalue weighted by Gasteiger charge is -2.27. The van der Waals surface area contributed by atoms with Crippen molar-refractivity contribution in [2.45, 2.75) is 37.1 Å². The van der Waals surface area contributed by atoms with Crippen LogP contribution >= 0.6 is 11.3 Å². The van der Waals surface area contributed by atoms with Gasteiger partial charge in [0.25, 0.3) is 0 Å². The summed E-state index contributed by atoms with van der Waals surface area (Å²) in [6.45, 7) is 4.10.